The number of benzene rings is 1. The molecule has 19 heavy (non-hydrogen) atoms. The molecular weight excluding hydrogens is 255 g/mol. The van der Waals surface area contributed by atoms with Gasteiger partial charge in [-0.05, 0) is 31.2 Å². The Labute approximate surface area is 110 Å². The molecule has 104 valence electrons. The van der Waals surface area contributed by atoms with Gasteiger partial charge < -0.3 is 4.90 Å². The molecule has 0 atom stereocenters. The van der Waals surface area contributed by atoms with Crippen LogP contribution in [0.3, 0.4) is 0 Å². The van der Waals surface area contributed by atoms with E-state index in [0.717, 1.165) is 44.0 Å². The minimum atomic E-state index is -4.27. The first kappa shape index (κ1) is 13.7. The lowest BCUT2D eigenvalue weighted by Crippen LogP contribution is -2.44. The Kier molecular flexibility index (Phi) is 3.97. The van der Waals surface area contributed by atoms with Crippen LogP contribution in [0.4, 0.5) is 18.9 Å². The van der Waals surface area contributed by atoms with E-state index in [-0.39, 0.29) is 0 Å². The van der Waals surface area contributed by atoms with Crippen LogP contribution >= 0.6 is 0 Å². The van der Waals surface area contributed by atoms with E-state index >= 15 is 0 Å². The fraction of sp³-hybridized carbons (Fsp3) is 0.462. The van der Waals surface area contributed by atoms with E-state index in [2.05, 4.69) is 10.0 Å². The monoisotopic (exact) mass is 271 g/mol. The van der Waals surface area contributed by atoms with Crippen molar-refractivity contribution in [2.24, 2.45) is 5.10 Å². The maximum Gasteiger partial charge on any atom is 0.416 e. The topological polar surface area (TPSA) is 18.8 Å². The van der Waals surface area contributed by atoms with Gasteiger partial charge in [-0.3, -0.25) is 5.01 Å². The minimum absolute atomic E-state index is 0.606. The summed E-state index contributed by atoms with van der Waals surface area (Å²) in [4.78, 5) is 2.07. The van der Waals surface area contributed by atoms with Gasteiger partial charge in [-0.15, -0.1) is 0 Å². The molecule has 0 saturated carbocycles. The molecule has 2 rings (SSSR count). The maximum atomic E-state index is 12.5. The summed E-state index contributed by atoms with van der Waals surface area (Å²) in [7, 11) is 0. The molecule has 0 aliphatic carbocycles. The van der Waals surface area contributed by atoms with Gasteiger partial charge in [0.2, 0.25) is 0 Å². The number of rotatable bonds is 2. The minimum Gasteiger partial charge on any atom is -0.368 e. The predicted octanol–water partition coefficient (Wildman–Crippen LogP) is 2.83. The number of anilines is 1. The van der Waals surface area contributed by atoms with Crippen molar-refractivity contribution in [1.82, 2.24) is 5.01 Å². The van der Waals surface area contributed by atoms with Crippen LogP contribution in [-0.4, -0.2) is 37.4 Å². The van der Waals surface area contributed by atoms with E-state index in [1.165, 1.54) is 12.1 Å². The molecule has 0 N–H and O–H groups in total. The summed E-state index contributed by atoms with van der Waals surface area (Å²) >= 11 is 0. The molecule has 3 nitrogen and oxygen atoms in total. The van der Waals surface area contributed by atoms with Crippen LogP contribution in [0, 0.1) is 0 Å². The molecule has 1 saturated heterocycles. The number of hydrogen-bond donors (Lipinski definition) is 0. The summed E-state index contributed by atoms with van der Waals surface area (Å²) in [5.41, 5.74) is 0.221. The second kappa shape index (κ2) is 5.50. The molecule has 0 bridgehead atoms. The molecule has 6 heteroatoms. The van der Waals surface area contributed by atoms with E-state index in [0.29, 0.717) is 0 Å². The molecule has 0 aromatic heterocycles. The van der Waals surface area contributed by atoms with E-state index in [9.17, 15) is 13.2 Å². The largest absolute Gasteiger partial charge is 0.416 e. The van der Waals surface area contributed by atoms with Crippen molar-refractivity contribution >= 4 is 11.9 Å². The fourth-order valence-electron chi connectivity index (χ4n) is 2.09. The van der Waals surface area contributed by atoms with E-state index in [4.69, 9.17) is 0 Å². The van der Waals surface area contributed by atoms with Crippen LogP contribution in [0.15, 0.2) is 29.4 Å². The lowest BCUT2D eigenvalue weighted by molar-refractivity contribution is -0.137. The molecule has 1 aliphatic rings. The lowest BCUT2D eigenvalue weighted by Gasteiger charge is -2.34. The molecule has 0 unspecified atom stereocenters. The summed E-state index contributed by atoms with van der Waals surface area (Å²) in [5.74, 6) is 0. The molecule has 0 spiro atoms. The smallest absolute Gasteiger partial charge is 0.368 e. The van der Waals surface area contributed by atoms with Gasteiger partial charge in [0.1, 0.15) is 0 Å². The van der Waals surface area contributed by atoms with Crippen molar-refractivity contribution in [3.8, 4) is 0 Å². The fourth-order valence-corrected chi connectivity index (χ4v) is 2.09. The molecule has 1 aliphatic heterocycles. The third-order valence-electron chi connectivity index (χ3n) is 3.09. The Balaban J connectivity index is 2.00. The number of piperazine rings is 1. The SMILES string of the molecule is CC=NN1CCN(c2ccc(C(F)(F)F)cc2)CC1. The third kappa shape index (κ3) is 3.39. The summed E-state index contributed by atoms with van der Waals surface area (Å²) in [6.45, 7) is 4.96. The average molecular weight is 271 g/mol. The second-order valence-electron chi connectivity index (χ2n) is 4.36. The Hall–Kier alpha value is -1.72. The van der Waals surface area contributed by atoms with Crippen LogP contribution in [0.1, 0.15) is 12.5 Å². The van der Waals surface area contributed by atoms with Gasteiger partial charge in [0.25, 0.3) is 0 Å². The normalized spacial score (nSPS) is 17.3. The summed E-state index contributed by atoms with van der Waals surface area (Å²) in [5, 5.41) is 6.15. The number of hydrogen-bond acceptors (Lipinski definition) is 3. The zero-order chi connectivity index (χ0) is 13.9. The van der Waals surface area contributed by atoms with Crippen LogP contribution in [0.25, 0.3) is 0 Å². The van der Waals surface area contributed by atoms with E-state index < -0.39 is 11.7 Å². The summed E-state index contributed by atoms with van der Waals surface area (Å²) in [6.07, 6.45) is -2.53. The highest BCUT2D eigenvalue weighted by Crippen LogP contribution is 2.30. The first-order chi connectivity index (χ1) is 9.00. The van der Waals surface area contributed by atoms with Gasteiger partial charge in [0.05, 0.1) is 18.7 Å². The number of halogens is 3. The predicted molar refractivity (Wildman–Crippen MR) is 69.4 cm³/mol. The standard InChI is InChI=1S/C13H16F3N3/c1-2-17-19-9-7-18(8-10-19)12-5-3-11(4-6-12)13(14,15)16/h2-6H,7-10H2,1H3. The Morgan fingerprint density at radius 3 is 2.11 bits per heavy atom. The Bertz CT molecular complexity index is 431. The van der Waals surface area contributed by atoms with E-state index in [1.807, 2.05) is 11.9 Å². The molecule has 1 aromatic rings. The van der Waals surface area contributed by atoms with Gasteiger partial charge >= 0.3 is 6.18 Å². The average Bonchev–Trinajstić information content (AvgIpc) is 2.39. The van der Waals surface area contributed by atoms with Crippen molar-refractivity contribution in [3.63, 3.8) is 0 Å². The first-order valence-electron chi connectivity index (χ1n) is 6.16. The van der Waals surface area contributed by atoms with Gasteiger partial charge in [-0.1, -0.05) is 0 Å². The number of nitrogens with zero attached hydrogens (tertiary/aromatic N) is 3. The third-order valence-corrected chi connectivity index (χ3v) is 3.09. The van der Waals surface area contributed by atoms with Crippen LogP contribution < -0.4 is 4.90 Å². The van der Waals surface area contributed by atoms with Crippen molar-refractivity contribution in [3.05, 3.63) is 29.8 Å². The molecule has 0 radical (unpaired) electrons. The van der Waals surface area contributed by atoms with Crippen molar-refractivity contribution < 1.29 is 13.2 Å². The highest BCUT2D eigenvalue weighted by atomic mass is 19.4. The van der Waals surface area contributed by atoms with Crippen molar-refractivity contribution in [2.75, 3.05) is 31.1 Å². The van der Waals surface area contributed by atoms with Gasteiger partial charge in [0.15, 0.2) is 0 Å². The quantitative estimate of drug-likeness (QED) is 0.770. The van der Waals surface area contributed by atoms with Gasteiger partial charge in [-0.2, -0.15) is 18.3 Å². The molecule has 0 amide bonds. The van der Waals surface area contributed by atoms with Crippen LogP contribution in [-0.2, 0) is 6.18 Å². The van der Waals surface area contributed by atoms with Crippen LogP contribution in [0.5, 0.6) is 0 Å². The Morgan fingerprint density at radius 2 is 1.63 bits per heavy atom. The van der Waals surface area contributed by atoms with Crippen molar-refractivity contribution in [1.29, 1.82) is 0 Å². The molecule has 1 heterocycles. The number of alkyl halides is 3. The van der Waals surface area contributed by atoms with Gasteiger partial charge in [-0.25, -0.2) is 0 Å². The van der Waals surface area contributed by atoms with Crippen LogP contribution in [0.2, 0.25) is 0 Å². The van der Waals surface area contributed by atoms with Gasteiger partial charge in [0, 0.05) is 25.0 Å². The lowest BCUT2D eigenvalue weighted by atomic mass is 10.2. The molecule has 1 aromatic carbocycles. The summed E-state index contributed by atoms with van der Waals surface area (Å²) in [6, 6.07) is 5.32. The highest BCUT2D eigenvalue weighted by Gasteiger charge is 2.30. The van der Waals surface area contributed by atoms with Crippen molar-refractivity contribution in [2.45, 2.75) is 13.1 Å². The molecule has 1 fully saturated rings. The zero-order valence-electron chi connectivity index (χ0n) is 10.7. The second-order valence-corrected chi connectivity index (χ2v) is 4.36. The highest BCUT2D eigenvalue weighted by molar-refractivity contribution is 5.53. The number of hydrazone groups is 1. The first-order valence-corrected chi connectivity index (χ1v) is 6.16. The maximum absolute atomic E-state index is 12.5. The zero-order valence-corrected chi connectivity index (χ0v) is 10.7. The van der Waals surface area contributed by atoms with E-state index in [1.54, 1.807) is 6.21 Å². The summed E-state index contributed by atoms with van der Waals surface area (Å²) < 4.78 is 37.4. The molecular formula is C13H16F3N3. The Morgan fingerprint density at radius 1 is 1.05 bits per heavy atom.